The molecule has 0 bridgehead atoms. The SMILES string of the molecule is CC(=O)OC[C@H]1O[C@@H](O[C@H]2[C@H](OC(C)=O)[C@@H](COC(C)=O)O[C@@H](OC(=N)C(Cl)(Cl)Cl)[C@@H]2N2C(=O)C(C)=C(C)C2=O)[C@H](OC(C)=O)[C@@H](OC(C)=O)[C@H]1OC(C)=O. The number of alkyl halides is 3. The van der Waals surface area contributed by atoms with Crippen LogP contribution in [0.25, 0.3) is 0 Å². The zero-order valence-electron chi connectivity index (χ0n) is 30.6. The van der Waals surface area contributed by atoms with Crippen molar-refractivity contribution in [2.45, 2.75) is 121 Å². The zero-order chi connectivity index (χ0) is 41.7. The summed E-state index contributed by atoms with van der Waals surface area (Å²) in [5, 5.41) is 8.30. The van der Waals surface area contributed by atoms with E-state index in [1.165, 1.54) is 13.8 Å². The van der Waals surface area contributed by atoms with Crippen molar-refractivity contribution >= 4 is 88.3 Å². The van der Waals surface area contributed by atoms with E-state index in [1.807, 2.05) is 0 Å². The Morgan fingerprint density at radius 3 is 1.38 bits per heavy atom. The fraction of sp³-hybridized carbons (Fsp3) is 0.656. The lowest BCUT2D eigenvalue weighted by atomic mass is 9.93. The first-order chi connectivity index (χ1) is 25.4. The molecule has 2 fully saturated rings. The number of esters is 6. The summed E-state index contributed by atoms with van der Waals surface area (Å²) in [5.41, 5.74) is -0.0883. The van der Waals surface area contributed by atoms with Gasteiger partial charge in [0.15, 0.2) is 30.7 Å². The van der Waals surface area contributed by atoms with E-state index in [0.717, 1.165) is 41.5 Å². The lowest BCUT2D eigenvalue weighted by Gasteiger charge is -2.50. The second-order valence-corrected chi connectivity index (χ2v) is 14.5. The van der Waals surface area contributed by atoms with Crippen molar-refractivity contribution in [3.8, 4) is 0 Å². The van der Waals surface area contributed by atoms with Gasteiger partial charge in [0.2, 0.25) is 12.2 Å². The molecule has 20 nitrogen and oxygen atoms in total. The molecule has 3 aliphatic rings. The number of rotatable bonds is 12. The van der Waals surface area contributed by atoms with Crippen molar-refractivity contribution < 1.29 is 85.7 Å². The zero-order valence-corrected chi connectivity index (χ0v) is 32.9. The largest absolute Gasteiger partial charge is 0.463 e. The number of amides is 2. The third kappa shape index (κ3) is 11.5. The van der Waals surface area contributed by atoms with Crippen molar-refractivity contribution in [3.05, 3.63) is 11.1 Å². The average molecular weight is 846 g/mol. The standard InChI is InChI=1S/C32H39Cl3N2O18/c1-11-12(2)28(45)37(27(11)44)21-24(22(48-15(5)40)19(9-46-13(3)38)52-29(21)55-31(36)32(33,34)35)54-30-26(51-18(8)43)25(50-17(7)42)23(49-16(6)41)20(53-30)10-47-14(4)39/h19-26,29-30,36H,9-10H2,1-8H3/t19-,20-,21-,22-,23+,24-,25+,26-,29+,30+/m1/s1. The molecule has 3 aliphatic heterocycles. The highest BCUT2D eigenvalue weighted by Gasteiger charge is 2.60. The Hall–Kier alpha value is -4.08. The Balaban J connectivity index is 2.34. The normalized spacial score (nSPS) is 29.5. The van der Waals surface area contributed by atoms with Crippen LogP contribution in [0.2, 0.25) is 0 Å². The fourth-order valence-electron chi connectivity index (χ4n) is 5.76. The van der Waals surface area contributed by atoms with E-state index < -0.39 is 132 Å². The number of carbonyl (C=O) groups excluding carboxylic acids is 8. The van der Waals surface area contributed by atoms with Gasteiger partial charge in [-0.05, 0) is 13.8 Å². The van der Waals surface area contributed by atoms with Crippen molar-refractivity contribution in [2.75, 3.05) is 13.2 Å². The van der Waals surface area contributed by atoms with E-state index in [9.17, 15) is 38.4 Å². The first-order valence-electron chi connectivity index (χ1n) is 16.2. The summed E-state index contributed by atoms with van der Waals surface area (Å²) in [6.45, 7) is 7.32. The van der Waals surface area contributed by atoms with Gasteiger partial charge >= 0.3 is 35.8 Å². The number of carbonyl (C=O) groups is 8. The van der Waals surface area contributed by atoms with Gasteiger partial charge in [0.05, 0.1) is 0 Å². The Morgan fingerprint density at radius 2 is 0.982 bits per heavy atom. The summed E-state index contributed by atoms with van der Waals surface area (Å²) in [6.07, 6.45) is -16.1. The van der Waals surface area contributed by atoms with Crippen LogP contribution < -0.4 is 0 Å². The smallest absolute Gasteiger partial charge is 0.303 e. The maximum absolute atomic E-state index is 13.8. The lowest BCUT2D eigenvalue weighted by molar-refractivity contribution is -0.347. The Labute approximate surface area is 328 Å². The Morgan fingerprint density at radius 1 is 0.600 bits per heavy atom. The monoisotopic (exact) mass is 844 g/mol. The minimum atomic E-state index is -2.55. The van der Waals surface area contributed by atoms with Gasteiger partial charge in [0, 0.05) is 52.7 Å². The van der Waals surface area contributed by atoms with Crippen LogP contribution >= 0.6 is 34.8 Å². The molecule has 0 radical (unpaired) electrons. The summed E-state index contributed by atoms with van der Waals surface area (Å²) >= 11 is 17.7. The topological polar surface area (TPSA) is 256 Å². The summed E-state index contributed by atoms with van der Waals surface area (Å²) in [5.74, 6) is -8.50. The summed E-state index contributed by atoms with van der Waals surface area (Å²) in [7, 11) is 0. The molecular weight excluding hydrogens is 807 g/mol. The molecule has 0 saturated carbocycles. The molecule has 55 heavy (non-hydrogen) atoms. The highest BCUT2D eigenvalue weighted by Crippen LogP contribution is 2.39. The highest BCUT2D eigenvalue weighted by atomic mass is 35.6. The number of ether oxygens (including phenoxy) is 10. The Bertz CT molecular complexity index is 1590. The van der Waals surface area contributed by atoms with Gasteiger partial charge in [-0.3, -0.25) is 48.7 Å². The number of hydrogen-bond donors (Lipinski definition) is 1. The molecule has 0 aliphatic carbocycles. The molecule has 1 N–H and O–H groups in total. The molecule has 23 heteroatoms. The predicted molar refractivity (Wildman–Crippen MR) is 181 cm³/mol. The number of nitrogens with one attached hydrogen (secondary N) is 1. The van der Waals surface area contributed by atoms with E-state index in [4.69, 9.17) is 87.6 Å². The molecular formula is C32H39Cl3N2O18. The van der Waals surface area contributed by atoms with Gasteiger partial charge in [-0.2, -0.15) is 0 Å². The molecule has 0 aromatic rings. The quantitative estimate of drug-likeness (QED) is 0.0721. The van der Waals surface area contributed by atoms with Crippen molar-refractivity contribution in [1.29, 1.82) is 5.41 Å². The molecule has 2 amide bonds. The van der Waals surface area contributed by atoms with Crippen molar-refractivity contribution in [1.82, 2.24) is 4.90 Å². The number of imide groups is 1. The second kappa shape index (κ2) is 18.7. The summed E-state index contributed by atoms with van der Waals surface area (Å²) < 4.78 is 53.7. The van der Waals surface area contributed by atoms with Crippen LogP contribution in [-0.4, -0.2) is 137 Å². The van der Waals surface area contributed by atoms with Gasteiger partial charge in [-0.25, -0.2) is 0 Å². The van der Waals surface area contributed by atoms with Gasteiger partial charge < -0.3 is 47.4 Å². The third-order valence-electron chi connectivity index (χ3n) is 8.04. The summed E-state index contributed by atoms with van der Waals surface area (Å²) in [4.78, 5) is 102. The number of halogens is 3. The maximum atomic E-state index is 13.8. The van der Waals surface area contributed by atoms with Gasteiger partial charge in [-0.1, -0.05) is 34.8 Å². The van der Waals surface area contributed by atoms with Crippen LogP contribution in [0, 0.1) is 5.41 Å². The molecule has 0 aromatic heterocycles. The van der Waals surface area contributed by atoms with Gasteiger partial charge in [0.25, 0.3) is 15.6 Å². The van der Waals surface area contributed by atoms with Crippen LogP contribution in [0.5, 0.6) is 0 Å². The second-order valence-electron chi connectivity index (χ2n) is 12.3. The summed E-state index contributed by atoms with van der Waals surface area (Å²) in [6, 6.07) is -1.91. The molecule has 2 saturated heterocycles. The highest BCUT2D eigenvalue weighted by molar-refractivity contribution is 6.76. The van der Waals surface area contributed by atoms with Crippen LogP contribution in [0.1, 0.15) is 55.4 Å². The molecule has 3 heterocycles. The molecule has 10 atom stereocenters. The van der Waals surface area contributed by atoms with Crippen molar-refractivity contribution in [2.24, 2.45) is 0 Å². The van der Waals surface area contributed by atoms with Crippen molar-refractivity contribution in [3.63, 3.8) is 0 Å². The number of nitrogens with zero attached hydrogens (tertiary/aromatic N) is 1. The van der Waals surface area contributed by atoms with Crippen LogP contribution in [0.15, 0.2) is 11.1 Å². The molecule has 306 valence electrons. The lowest BCUT2D eigenvalue weighted by Crippen LogP contribution is -2.70. The molecule has 3 rings (SSSR count). The average Bonchev–Trinajstić information content (AvgIpc) is 3.23. The first-order valence-corrected chi connectivity index (χ1v) is 17.4. The third-order valence-corrected chi connectivity index (χ3v) is 8.55. The van der Waals surface area contributed by atoms with Crippen LogP contribution in [-0.2, 0) is 85.7 Å². The van der Waals surface area contributed by atoms with E-state index in [-0.39, 0.29) is 11.1 Å². The van der Waals surface area contributed by atoms with Gasteiger partial charge in [-0.15, -0.1) is 0 Å². The van der Waals surface area contributed by atoms with E-state index >= 15 is 0 Å². The Kier molecular flexibility index (Phi) is 15.4. The number of hydrogen-bond acceptors (Lipinski definition) is 19. The maximum Gasteiger partial charge on any atom is 0.303 e. The van der Waals surface area contributed by atoms with Gasteiger partial charge in [0.1, 0.15) is 37.6 Å². The minimum absolute atomic E-state index is 0.0441. The molecule has 0 unspecified atom stereocenters. The first kappa shape index (κ1) is 45.3. The van der Waals surface area contributed by atoms with Crippen LogP contribution in [0.4, 0.5) is 0 Å². The van der Waals surface area contributed by atoms with E-state index in [1.54, 1.807) is 0 Å². The van der Waals surface area contributed by atoms with E-state index in [0.29, 0.717) is 4.90 Å². The van der Waals surface area contributed by atoms with Crippen LogP contribution in [0.3, 0.4) is 0 Å². The van der Waals surface area contributed by atoms with E-state index in [2.05, 4.69) is 0 Å². The predicted octanol–water partition coefficient (Wildman–Crippen LogP) is 1.11. The molecule has 0 spiro atoms. The molecule has 0 aromatic carbocycles. The fourth-order valence-corrected chi connectivity index (χ4v) is 5.90. The minimum Gasteiger partial charge on any atom is -0.463 e.